The third-order valence-corrected chi connectivity index (χ3v) is 5.94. The summed E-state index contributed by atoms with van der Waals surface area (Å²) in [5, 5.41) is 0. The number of methoxy groups -OCH3 is 1. The van der Waals surface area contributed by atoms with E-state index in [0.717, 1.165) is 51.5 Å². The maximum atomic E-state index is 6.17. The van der Waals surface area contributed by atoms with E-state index in [1.165, 1.54) is 16.8 Å². The quantitative estimate of drug-likeness (QED) is 0.796. The number of fused-ring (bicyclic) bond motifs is 1. The molecule has 2 aliphatic rings. The normalized spacial score (nSPS) is 23.1. The van der Waals surface area contributed by atoms with Crippen LogP contribution in [-0.2, 0) is 4.74 Å². The number of ether oxygens (including phenoxy) is 2. The Labute approximate surface area is 162 Å². The maximum Gasteiger partial charge on any atom is 0.119 e. The molecule has 0 saturated carbocycles. The molecule has 0 radical (unpaired) electrons. The highest BCUT2D eigenvalue weighted by atomic mass is 16.5. The molecule has 2 aliphatic heterocycles. The average Bonchev–Trinajstić information content (AvgIpc) is 2.74. The lowest BCUT2D eigenvalue weighted by Crippen LogP contribution is -2.47. The third-order valence-electron chi connectivity index (χ3n) is 5.94. The molecule has 0 spiro atoms. The fraction of sp³-hybridized carbons (Fsp3) is 0.478. The number of hydrogen-bond acceptors (Lipinski definition) is 4. The summed E-state index contributed by atoms with van der Waals surface area (Å²) in [5.74, 6) is 1.42. The second-order valence-electron chi connectivity index (χ2n) is 7.67. The molecule has 144 valence electrons. The molecule has 0 N–H and O–H groups in total. The molecule has 27 heavy (non-hydrogen) atoms. The predicted octanol–water partition coefficient (Wildman–Crippen LogP) is 4.08. The largest absolute Gasteiger partial charge is 0.497 e. The number of hydrogen-bond donors (Lipinski definition) is 0. The van der Waals surface area contributed by atoms with Gasteiger partial charge in [-0.15, -0.1) is 0 Å². The Balaban J connectivity index is 1.29. The van der Waals surface area contributed by atoms with Crippen LogP contribution in [-0.4, -0.2) is 51.3 Å². The van der Waals surface area contributed by atoms with E-state index < -0.39 is 0 Å². The first kappa shape index (κ1) is 18.3. The summed E-state index contributed by atoms with van der Waals surface area (Å²) in [5.41, 5.74) is 4.15. The van der Waals surface area contributed by atoms with Crippen molar-refractivity contribution < 1.29 is 9.47 Å². The molecule has 2 heterocycles. The molecular weight excluding hydrogens is 336 g/mol. The lowest BCUT2D eigenvalue weighted by Gasteiger charge is -2.37. The smallest absolute Gasteiger partial charge is 0.119 e. The van der Waals surface area contributed by atoms with Gasteiger partial charge < -0.3 is 14.4 Å². The van der Waals surface area contributed by atoms with Gasteiger partial charge in [-0.05, 0) is 41.8 Å². The van der Waals surface area contributed by atoms with Gasteiger partial charge in [0, 0.05) is 44.3 Å². The van der Waals surface area contributed by atoms with Crippen LogP contribution < -0.4 is 9.64 Å². The topological polar surface area (TPSA) is 24.9 Å². The zero-order chi connectivity index (χ0) is 18.6. The van der Waals surface area contributed by atoms with Crippen LogP contribution in [0.3, 0.4) is 0 Å². The minimum Gasteiger partial charge on any atom is -0.497 e. The van der Waals surface area contributed by atoms with Crippen molar-refractivity contribution in [2.45, 2.75) is 25.4 Å². The summed E-state index contributed by atoms with van der Waals surface area (Å²) in [6.07, 6.45) is 1.32. The van der Waals surface area contributed by atoms with Gasteiger partial charge in [-0.25, -0.2) is 0 Å². The monoisotopic (exact) mass is 366 g/mol. The first-order valence-corrected chi connectivity index (χ1v) is 10.1. The zero-order valence-electron chi connectivity index (χ0n) is 16.4. The van der Waals surface area contributed by atoms with Crippen LogP contribution in [0.25, 0.3) is 0 Å². The minimum absolute atomic E-state index is 0.247. The Morgan fingerprint density at radius 3 is 2.37 bits per heavy atom. The van der Waals surface area contributed by atoms with E-state index >= 15 is 0 Å². The van der Waals surface area contributed by atoms with Gasteiger partial charge in [0.1, 0.15) is 5.75 Å². The fourth-order valence-corrected chi connectivity index (χ4v) is 4.25. The number of piperazine rings is 1. The summed E-state index contributed by atoms with van der Waals surface area (Å²) in [4.78, 5) is 5.04. The van der Waals surface area contributed by atoms with Gasteiger partial charge in [0.2, 0.25) is 0 Å². The third kappa shape index (κ3) is 4.12. The van der Waals surface area contributed by atoms with Gasteiger partial charge in [-0.2, -0.15) is 0 Å². The van der Waals surface area contributed by atoms with Crippen molar-refractivity contribution in [2.75, 3.05) is 51.3 Å². The number of nitrogens with zero attached hydrogens (tertiary/aromatic N) is 2. The van der Waals surface area contributed by atoms with Gasteiger partial charge in [-0.1, -0.05) is 31.2 Å². The molecule has 2 atom stereocenters. The molecule has 4 rings (SSSR count). The molecule has 0 bridgehead atoms. The van der Waals surface area contributed by atoms with Crippen molar-refractivity contribution in [3.05, 3.63) is 59.7 Å². The van der Waals surface area contributed by atoms with E-state index in [0.29, 0.717) is 5.92 Å². The Morgan fingerprint density at radius 1 is 0.963 bits per heavy atom. The second kappa shape index (κ2) is 8.32. The Hall–Kier alpha value is -2.04. The van der Waals surface area contributed by atoms with Crippen LogP contribution in [0.5, 0.6) is 5.75 Å². The van der Waals surface area contributed by atoms with E-state index in [1.54, 1.807) is 7.11 Å². The summed E-state index contributed by atoms with van der Waals surface area (Å²) in [6.45, 7) is 8.56. The predicted molar refractivity (Wildman–Crippen MR) is 110 cm³/mol. The van der Waals surface area contributed by atoms with Crippen molar-refractivity contribution >= 4 is 5.69 Å². The van der Waals surface area contributed by atoms with E-state index in [4.69, 9.17) is 9.47 Å². The average molecular weight is 367 g/mol. The van der Waals surface area contributed by atoms with Gasteiger partial charge in [0.15, 0.2) is 0 Å². The minimum atomic E-state index is 0.247. The van der Waals surface area contributed by atoms with E-state index in [1.807, 2.05) is 12.1 Å². The Morgan fingerprint density at radius 2 is 1.67 bits per heavy atom. The molecule has 1 fully saturated rings. The summed E-state index contributed by atoms with van der Waals surface area (Å²) in [7, 11) is 1.71. The molecule has 2 aromatic rings. The van der Waals surface area contributed by atoms with Crippen LogP contribution in [0.1, 0.15) is 36.5 Å². The Kier molecular flexibility index (Phi) is 5.65. The highest BCUT2D eigenvalue weighted by Crippen LogP contribution is 2.35. The van der Waals surface area contributed by atoms with Crippen LogP contribution in [0.4, 0.5) is 5.69 Å². The number of benzene rings is 2. The molecular formula is C23H30N2O2. The lowest BCUT2D eigenvalue weighted by molar-refractivity contribution is 0.0183. The van der Waals surface area contributed by atoms with Gasteiger partial charge >= 0.3 is 0 Å². The fourth-order valence-electron chi connectivity index (χ4n) is 4.25. The van der Waals surface area contributed by atoms with E-state index in [9.17, 15) is 0 Å². The van der Waals surface area contributed by atoms with E-state index in [2.05, 4.69) is 53.1 Å². The number of rotatable bonds is 5. The zero-order valence-corrected chi connectivity index (χ0v) is 16.4. The van der Waals surface area contributed by atoms with E-state index in [-0.39, 0.29) is 6.10 Å². The first-order chi connectivity index (χ1) is 13.2. The van der Waals surface area contributed by atoms with Gasteiger partial charge in [0.25, 0.3) is 0 Å². The summed E-state index contributed by atoms with van der Waals surface area (Å²) < 4.78 is 11.4. The molecule has 0 aliphatic carbocycles. The van der Waals surface area contributed by atoms with Gasteiger partial charge in [0.05, 0.1) is 19.8 Å². The van der Waals surface area contributed by atoms with Crippen LogP contribution >= 0.6 is 0 Å². The second-order valence-corrected chi connectivity index (χ2v) is 7.67. The number of anilines is 1. The SMILES string of the molecule is COc1ccc(N2CCN(CCC3OCC(C)c4ccccc43)CC2)cc1. The van der Waals surface area contributed by atoms with Crippen molar-refractivity contribution in [2.24, 2.45) is 0 Å². The summed E-state index contributed by atoms with van der Waals surface area (Å²) in [6, 6.07) is 17.2. The molecule has 0 aromatic heterocycles. The van der Waals surface area contributed by atoms with Crippen molar-refractivity contribution in [3.8, 4) is 5.75 Å². The molecule has 4 heteroatoms. The van der Waals surface area contributed by atoms with Crippen molar-refractivity contribution in [3.63, 3.8) is 0 Å². The maximum absolute atomic E-state index is 6.17. The highest BCUT2D eigenvalue weighted by molar-refractivity contribution is 5.49. The first-order valence-electron chi connectivity index (χ1n) is 10.1. The highest BCUT2D eigenvalue weighted by Gasteiger charge is 2.26. The standard InChI is InChI=1S/C23H30N2O2/c1-18-17-27-23(22-6-4-3-5-21(18)22)11-12-24-13-15-25(16-14-24)19-7-9-20(26-2)10-8-19/h3-10,18,23H,11-17H2,1-2H3. The molecule has 1 saturated heterocycles. The molecule has 2 unspecified atom stereocenters. The van der Waals surface area contributed by atoms with Crippen LogP contribution in [0.15, 0.2) is 48.5 Å². The van der Waals surface area contributed by atoms with Gasteiger partial charge in [-0.3, -0.25) is 4.90 Å². The molecule has 4 nitrogen and oxygen atoms in total. The Bertz CT molecular complexity index is 738. The molecule has 2 aromatic carbocycles. The van der Waals surface area contributed by atoms with Crippen LogP contribution in [0, 0.1) is 0 Å². The van der Waals surface area contributed by atoms with Crippen molar-refractivity contribution in [1.29, 1.82) is 0 Å². The lowest BCUT2D eigenvalue weighted by atomic mass is 9.89. The summed E-state index contributed by atoms with van der Waals surface area (Å²) >= 11 is 0. The molecule has 0 amide bonds. The van der Waals surface area contributed by atoms with Crippen LogP contribution in [0.2, 0.25) is 0 Å². The van der Waals surface area contributed by atoms with Crippen molar-refractivity contribution in [1.82, 2.24) is 4.90 Å².